The van der Waals surface area contributed by atoms with Gasteiger partial charge in [0.25, 0.3) is 0 Å². The summed E-state index contributed by atoms with van der Waals surface area (Å²) in [7, 11) is 0. The Hall–Kier alpha value is -1.46. The van der Waals surface area contributed by atoms with Gasteiger partial charge >= 0.3 is 17.9 Å². The number of ether oxygens (including phenoxy) is 2. The molecule has 0 aliphatic carbocycles. The standard InChI is InChI=1S/C11H16F2O4/c1-7(8(14)17-10(2,3)4)6-16-9(15)11(5,12)13/h1,6H2,2-5H3. The van der Waals surface area contributed by atoms with Crippen LogP contribution in [0.15, 0.2) is 12.2 Å². The third-order valence-electron chi connectivity index (χ3n) is 1.42. The monoisotopic (exact) mass is 250 g/mol. The summed E-state index contributed by atoms with van der Waals surface area (Å²) < 4.78 is 34.0. The fourth-order valence-electron chi connectivity index (χ4n) is 0.689. The van der Waals surface area contributed by atoms with Crippen LogP contribution in [0.1, 0.15) is 27.7 Å². The molecule has 0 unspecified atom stereocenters. The van der Waals surface area contributed by atoms with Crippen molar-refractivity contribution in [2.45, 2.75) is 39.2 Å². The third-order valence-corrected chi connectivity index (χ3v) is 1.42. The number of hydrogen-bond acceptors (Lipinski definition) is 4. The zero-order valence-electron chi connectivity index (χ0n) is 10.3. The lowest BCUT2D eigenvalue weighted by Gasteiger charge is -2.20. The molecule has 0 heterocycles. The van der Waals surface area contributed by atoms with Crippen LogP contribution in [0, 0.1) is 0 Å². The molecular weight excluding hydrogens is 234 g/mol. The van der Waals surface area contributed by atoms with Gasteiger partial charge in [-0.1, -0.05) is 6.58 Å². The first-order chi connectivity index (χ1) is 7.43. The molecule has 17 heavy (non-hydrogen) atoms. The summed E-state index contributed by atoms with van der Waals surface area (Å²) in [5.74, 6) is -6.08. The van der Waals surface area contributed by atoms with Crippen molar-refractivity contribution in [2.24, 2.45) is 0 Å². The Morgan fingerprint density at radius 2 is 1.65 bits per heavy atom. The minimum atomic E-state index is -3.59. The molecule has 0 fully saturated rings. The van der Waals surface area contributed by atoms with E-state index >= 15 is 0 Å². The van der Waals surface area contributed by atoms with Gasteiger partial charge in [-0.2, -0.15) is 8.78 Å². The first-order valence-electron chi connectivity index (χ1n) is 4.89. The van der Waals surface area contributed by atoms with Gasteiger partial charge in [0.05, 0.1) is 5.57 Å². The molecule has 0 spiro atoms. The smallest absolute Gasteiger partial charge is 0.377 e. The Bertz CT molecular complexity index is 323. The van der Waals surface area contributed by atoms with E-state index in [0.29, 0.717) is 6.92 Å². The summed E-state index contributed by atoms with van der Waals surface area (Å²) in [4.78, 5) is 22.0. The number of esters is 2. The molecule has 0 amide bonds. The van der Waals surface area contributed by atoms with E-state index < -0.39 is 30.1 Å². The average molecular weight is 250 g/mol. The van der Waals surface area contributed by atoms with Gasteiger partial charge in [-0.05, 0) is 20.8 Å². The van der Waals surface area contributed by atoms with Crippen LogP contribution in [0.4, 0.5) is 8.78 Å². The summed E-state index contributed by atoms with van der Waals surface area (Å²) in [6.45, 7) is 8.02. The molecule has 0 aromatic rings. The second kappa shape index (κ2) is 5.25. The molecule has 0 aromatic carbocycles. The Morgan fingerprint density at radius 1 is 1.18 bits per heavy atom. The molecule has 98 valence electrons. The van der Waals surface area contributed by atoms with Crippen molar-refractivity contribution in [3.63, 3.8) is 0 Å². The minimum Gasteiger partial charge on any atom is -0.457 e. The van der Waals surface area contributed by atoms with Crippen LogP contribution in [0.5, 0.6) is 0 Å². The summed E-state index contributed by atoms with van der Waals surface area (Å²) in [5, 5.41) is 0. The molecule has 0 atom stereocenters. The summed E-state index contributed by atoms with van der Waals surface area (Å²) in [6, 6.07) is 0. The predicted octanol–water partition coefficient (Wildman–Crippen LogP) is 2.08. The second-order valence-electron chi connectivity index (χ2n) is 4.57. The van der Waals surface area contributed by atoms with Crippen molar-refractivity contribution < 1.29 is 27.8 Å². The molecule has 4 nitrogen and oxygen atoms in total. The van der Waals surface area contributed by atoms with Gasteiger partial charge in [0.2, 0.25) is 0 Å². The Morgan fingerprint density at radius 3 is 2.00 bits per heavy atom. The highest BCUT2D eigenvalue weighted by Crippen LogP contribution is 2.15. The van der Waals surface area contributed by atoms with E-state index in [4.69, 9.17) is 4.74 Å². The van der Waals surface area contributed by atoms with Crippen molar-refractivity contribution in [3.05, 3.63) is 12.2 Å². The molecule has 0 aliphatic rings. The van der Waals surface area contributed by atoms with Gasteiger partial charge in [0.1, 0.15) is 12.2 Å². The van der Waals surface area contributed by atoms with E-state index in [1.165, 1.54) is 0 Å². The van der Waals surface area contributed by atoms with Gasteiger partial charge in [-0.15, -0.1) is 0 Å². The quantitative estimate of drug-likeness (QED) is 0.566. The Kier molecular flexibility index (Phi) is 4.80. The highest BCUT2D eigenvalue weighted by Gasteiger charge is 2.34. The zero-order chi connectivity index (χ0) is 13.9. The maximum absolute atomic E-state index is 12.4. The molecule has 6 heteroatoms. The fraction of sp³-hybridized carbons (Fsp3) is 0.636. The summed E-state index contributed by atoms with van der Waals surface area (Å²) in [5.41, 5.74) is -0.920. The molecule has 0 aliphatic heterocycles. The highest BCUT2D eigenvalue weighted by atomic mass is 19.3. The van der Waals surface area contributed by atoms with Crippen LogP contribution in [0.25, 0.3) is 0 Å². The number of rotatable bonds is 4. The zero-order valence-corrected chi connectivity index (χ0v) is 10.3. The van der Waals surface area contributed by atoms with Crippen LogP contribution >= 0.6 is 0 Å². The number of carbonyl (C=O) groups excluding carboxylic acids is 2. The molecule has 0 saturated carbocycles. The Labute approximate surface area is 98.6 Å². The molecule has 0 N–H and O–H groups in total. The van der Waals surface area contributed by atoms with Crippen LogP contribution < -0.4 is 0 Å². The maximum atomic E-state index is 12.4. The van der Waals surface area contributed by atoms with Crippen LogP contribution in [0.2, 0.25) is 0 Å². The lowest BCUT2D eigenvalue weighted by Crippen LogP contribution is -2.30. The minimum absolute atomic E-state index is 0.197. The van der Waals surface area contributed by atoms with Gasteiger partial charge in [0.15, 0.2) is 0 Å². The largest absolute Gasteiger partial charge is 0.457 e. The van der Waals surface area contributed by atoms with Crippen LogP contribution in [-0.2, 0) is 19.1 Å². The number of hydrogen-bond donors (Lipinski definition) is 0. The van der Waals surface area contributed by atoms with E-state index in [-0.39, 0.29) is 5.57 Å². The van der Waals surface area contributed by atoms with Crippen molar-refractivity contribution in [3.8, 4) is 0 Å². The van der Waals surface area contributed by atoms with Crippen molar-refractivity contribution in [2.75, 3.05) is 6.61 Å². The van der Waals surface area contributed by atoms with Gasteiger partial charge in [-0.3, -0.25) is 0 Å². The number of alkyl halides is 2. The molecule has 0 saturated heterocycles. The van der Waals surface area contributed by atoms with E-state index in [1.807, 2.05) is 0 Å². The van der Waals surface area contributed by atoms with Gasteiger partial charge in [-0.25, -0.2) is 9.59 Å². The van der Waals surface area contributed by atoms with Crippen LogP contribution in [-0.4, -0.2) is 30.1 Å². The molecule has 0 radical (unpaired) electrons. The maximum Gasteiger partial charge on any atom is 0.377 e. The van der Waals surface area contributed by atoms with Gasteiger partial charge in [0, 0.05) is 6.92 Å². The van der Waals surface area contributed by atoms with Crippen molar-refractivity contribution in [1.82, 2.24) is 0 Å². The number of carbonyl (C=O) groups is 2. The first kappa shape index (κ1) is 15.5. The predicted molar refractivity (Wildman–Crippen MR) is 56.6 cm³/mol. The lowest BCUT2D eigenvalue weighted by atomic mass is 10.2. The number of halogens is 2. The Balaban J connectivity index is 4.21. The van der Waals surface area contributed by atoms with E-state index in [2.05, 4.69) is 11.3 Å². The SMILES string of the molecule is C=C(COC(=O)C(C)(F)F)C(=O)OC(C)(C)C. The average Bonchev–Trinajstić information content (AvgIpc) is 2.08. The first-order valence-corrected chi connectivity index (χ1v) is 4.89. The molecule has 0 aromatic heterocycles. The molecule has 0 rings (SSSR count). The highest BCUT2D eigenvalue weighted by molar-refractivity contribution is 5.89. The summed E-state index contributed by atoms with van der Waals surface area (Å²) in [6.07, 6.45) is 0. The molecular formula is C11H16F2O4. The normalized spacial score (nSPS) is 11.9. The van der Waals surface area contributed by atoms with Gasteiger partial charge < -0.3 is 9.47 Å². The van der Waals surface area contributed by atoms with E-state index in [0.717, 1.165) is 0 Å². The topological polar surface area (TPSA) is 52.6 Å². The fourth-order valence-corrected chi connectivity index (χ4v) is 0.689. The van der Waals surface area contributed by atoms with E-state index in [1.54, 1.807) is 20.8 Å². The van der Waals surface area contributed by atoms with E-state index in [9.17, 15) is 18.4 Å². The van der Waals surface area contributed by atoms with Crippen molar-refractivity contribution >= 4 is 11.9 Å². The van der Waals surface area contributed by atoms with Crippen molar-refractivity contribution in [1.29, 1.82) is 0 Å². The van der Waals surface area contributed by atoms with Crippen LogP contribution in [0.3, 0.4) is 0 Å². The second-order valence-corrected chi connectivity index (χ2v) is 4.57. The third kappa shape index (κ3) is 6.65. The molecule has 0 bridgehead atoms. The summed E-state index contributed by atoms with van der Waals surface area (Å²) >= 11 is 0. The lowest BCUT2D eigenvalue weighted by molar-refractivity contribution is -0.168.